The van der Waals surface area contributed by atoms with Gasteiger partial charge in [-0.05, 0) is 109 Å². The Labute approximate surface area is 190 Å². The minimum atomic E-state index is 0.253. The van der Waals surface area contributed by atoms with Crippen LogP contribution in [-0.4, -0.2) is 0 Å². The highest BCUT2D eigenvalue weighted by Gasteiger charge is 2.82. The monoisotopic (exact) mass is 412 g/mol. The van der Waals surface area contributed by atoms with Crippen molar-refractivity contribution in [1.82, 2.24) is 0 Å². The zero-order valence-electron chi connectivity index (χ0n) is 19.4. The SMILES string of the molecule is CC1=C2CCC3=C(C)c4cccc5c4C4C23C2c3c1cccc3C(C)=C1CCC(=C5C)C124. The summed E-state index contributed by atoms with van der Waals surface area (Å²) >= 11 is 0. The van der Waals surface area contributed by atoms with E-state index in [1.807, 2.05) is 22.3 Å². The van der Waals surface area contributed by atoms with E-state index in [9.17, 15) is 0 Å². The fraction of sp³-hybridized carbons (Fsp3) is 0.375. The lowest BCUT2D eigenvalue weighted by Crippen LogP contribution is -2.66. The Bertz CT molecular complexity index is 1290. The minimum Gasteiger partial charge on any atom is -0.0610 e. The second-order valence-corrected chi connectivity index (χ2v) is 11.6. The van der Waals surface area contributed by atoms with Crippen molar-refractivity contribution in [2.24, 2.45) is 10.8 Å². The molecule has 7 aliphatic carbocycles. The molecule has 2 aromatic carbocycles. The van der Waals surface area contributed by atoms with E-state index in [-0.39, 0.29) is 10.8 Å². The highest BCUT2D eigenvalue weighted by Crippen LogP contribution is 2.92. The van der Waals surface area contributed by atoms with E-state index in [0.29, 0.717) is 11.8 Å². The van der Waals surface area contributed by atoms with Crippen LogP contribution in [0.1, 0.15) is 98.6 Å². The Balaban J connectivity index is 1.58. The molecule has 0 heteroatoms. The summed E-state index contributed by atoms with van der Waals surface area (Å²) in [7, 11) is 0. The van der Waals surface area contributed by atoms with Crippen LogP contribution in [0.5, 0.6) is 0 Å². The Kier molecular flexibility index (Phi) is 2.49. The fourth-order valence-corrected chi connectivity index (χ4v) is 10.7. The van der Waals surface area contributed by atoms with Gasteiger partial charge in [0.05, 0.1) is 0 Å². The molecular formula is C32H28. The van der Waals surface area contributed by atoms with E-state index in [4.69, 9.17) is 0 Å². The van der Waals surface area contributed by atoms with E-state index >= 15 is 0 Å². The first-order valence-corrected chi connectivity index (χ1v) is 12.6. The summed E-state index contributed by atoms with van der Waals surface area (Å²) in [5, 5.41) is 0. The van der Waals surface area contributed by atoms with Crippen LogP contribution in [0.3, 0.4) is 0 Å². The van der Waals surface area contributed by atoms with Crippen molar-refractivity contribution in [3.8, 4) is 0 Å². The van der Waals surface area contributed by atoms with E-state index in [2.05, 4.69) is 64.1 Å². The summed E-state index contributed by atoms with van der Waals surface area (Å²) in [5.41, 5.74) is 23.9. The standard InChI is InChI=1S/C32H28/c1-15-19-7-5-8-20-16(2)25-13-14-26-18(4)22-10-6-9-21-17(3)24-12-11-23(15)31(24)29(27(19)20)32(25,26)30(31)28(21)22/h5-10,29-30H,11-14H2,1-4H3. The summed E-state index contributed by atoms with van der Waals surface area (Å²) in [6, 6.07) is 14.4. The van der Waals surface area contributed by atoms with Gasteiger partial charge < -0.3 is 0 Å². The Morgan fingerprint density at radius 3 is 1.06 bits per heavy atom. The van der Waals surface area contributed by atoms with Crippen LogP contribution in [0.4, 0.5) is 0 Å². The summed E-state index contributed by atoms with van der Waals surface area (Å²) in [4.78, 5) is 0. The lowest BCUT2D eigenvalue weighted by Gasteiger charge is -2.75. The Morgan fingerprint density at radius 1 is 0.500 bits per heavy atom. The number of hydrogen-bond donors (Lipinski definition) is 0. The average Bonchev–Trinajstić information content (AvgIpc) is 3.40. The van der Waals surface area contributed by atoms with Crippen LogP contribution in [0.2, 0.25) is 0 Å². The summed E-state index contributed by atoms with van der Waals surface area (Å²) in [5.74, 6) is 1.26. The van der Waals surface area contributed by atoms with Crippen LogP contribution < -0.4 is 0 Å². The molecule has 9 rings (SSSR count). The largest absolute Gasteiger partial charge is 0.0610 e. The molecule has 0 aliphatic heterocycles. The summed E-state index contributed by atoms with van der Waals surface area (Å²) in [6.07, 6.45) is 5.07. The van der Waals surface area contributed by atoms with Gasteiger partial charge in [0.15, 0.2) is 0 Å². The van der Waals surface area contributed by atoms with Crippen molar-refractivity contribution in [1.29, 1.82) is 0 Å². The molecule has 0 N–H and O–H groups in total. The lowest BCUT2D eigenvalue weighted by molar-refractivity contribution is -0.00120. The van der Waals surface area contributed by atoms with E-state index in [1.165, 1.54) is 25.7 Å². The van der Waals surface area contributed by atoms with Gasteiger partial charge in [-0.2, -0.15) is 0 Å². The number of benzene rings is 2. The molecule has 0 radical (unpaired) electrons. The van der Waals surface area contributed by atoms with Crippen LogP contribution in [0.15, 0.2) is 58.7 Å². The molecule has 0 unspecified atom stereocenters. The first-order chi connectivity index (χ1) is 15.6. The van der Waals surface area contributed by atoms with Gasteiger partial charge in [-0.15, -0.1) is 0 Å². The Hall–Kier alpha value is -2.60. The quantitative estimate of drug-likeness (QED) is 0.408. The van der Waals surface area contributed by atoms with Gasteiger partial charge in [0.1, 0.15) is 0 Å². The molecule has 0 heterocycles. The maximum absolute atomic E-state index is 2.45. The van der Waals surface area contributed by atoms with Crippen LogP contribution in [-0.2, 0) is 0 Å². The highest BCUT2D eigenvalue weighted by molar-refractivity contribution is 5.97. The molecule has 0 nitrogen and oxygen atoms in total. The smallest absolute Gasteiger partial charge is 0.0294 e. The topological polar surface area (TPSA) is 0 Å². The third-order valence-electron chi connectivity index (χ3n) is 11.3. The van der Waals surface area contributed by atoms with Crippen molar-refractivity contribution >= 4 is 22.3 Å². The van der Waals surface area contributed by atoms with Crippen LogP contribution >= 0.6 is 0 Å². The van der Waals surface area contributed by atoms with Gasteiger partial charge in [-0.1, -0.05) is 58.7 Å². The third-order valence-corrected chi connectivity index (χ3v) is 11.3. The van der Waals surface area contributed by atoms with Crippen molar-refractivity contribution in [2.75, 3.05) is 0 Å². The number of allylic oxidation sites excluding steroid dienone is 8. The van der Waals surface area contributed by atoms with E-state index in [1.54, 1.807) is 55.7 Å². The molecule has 7 aliphatic rings. The lowest BCUT2D eigenvalue weighted by atomic mass is 9.26. The maximum Gasteiger partial charge on any atom is 0.0294 e. The summed E-state index contributed by atoms with van der Waals surface area (Å²) < 4.78 is 0. The molecule has 3 fully saturated rings. The predicted molar refractivity (Wildman–Crippen MR) is 132 cm³/mol. The molecule has 0 aromatic heterocycles. The maximum atomic E-state index is 2.45. The molecule has 32 heavy (non-hydrogen) atoms. The molecule has 0 atom stereocenters. The molecular weight excluding hydrogens is 384 g/mol. The summed E-state index contributed by atoms with van der Waals surface area (Å²) in [6.45, 7) is 9.81. The first kappa shape index (κ1) is 17.0. The highest BCUT2D eigenvalue weighted by atomic mass is 14.8. The van der Waals surface area contributed by atoms with Gasteiger partial charge in [-0.3, -0.25) is 0 Å². The zero-order valence-corrected chi connectivity index (χ0v) is 19.4. The van der Waals surface area contributed by atoms with Crippen molar-refractivity contribution in [3.05, 3.63) is 92.1 Å². The van der Waals surface area contributed by atoms with Gasteiger partial charge in [0, 0.05) is 22.7 Å². The molecule has 0 bridgehead atoms. The van der Waals surface area contributed by atoms with Gasteiger partial charge in [0.25, 0.3) is 0 Å². The molecule has 156 valence electrons. The zero-order chi connectivity index (χ0) is 21.3. The Morgan fingerprint density at radius 2 is 0.781 bits per heavy atom. The molecule has 0 amide bonds. The second kappa shape index (κ2) is 4.69. The average molecular weight is 413 g/mol. The van der Waals surface area contributed by atoms with Crippen LogP contribution in [0, 0.1) is 10.8 Å². The van der Waals surface area contributed by atoms with Crippen LogP contribution in [0.25, 0.3) is 22.3 Å². The van der Waals surface area contributed by atoms with Crippen molar-refractivity contribution < 1.29 is 0 Å². The van der Waals surface area contributed by atoms with Gasteiger partial charge in [0.2, 0.25) is 0 Å². The van der Waals surface area contributed by atoms with Gasteiger partial charge >= 0.3 is 0 Å². The van der Waals surface area contributed by atoms with Crippen molar-refractivity contribution in [3.63, 3.8) is 0 Å². The molecule has 3 saturated carbocycles. The van der Waals surface area contributed by atoms with E-state index < -0.39 is 0 Å². The molecule has 0 saturated heterocycles. The minimum absolute atomic E-state index is 0.253. The normalized spacial score (nSPS) is 36.0. The second-order valence-electron chi connectivity index (χ2n) is 11.6. The van der Waals surface area contributed by atoms with Gasteiger partial charge in [-0.25, -0.2) is 0 Å². The first-order valence-electron chi connectivity index (χ1n) is 12.6. The molecule has 2 aromatic rings. The van der Waals surface area contributed by atoms with E-state index in [0.717, 1.165) is 0 Å². The number of hydrogen-bond acceptors (Lipinski definition) is 0. The third kappa shape index (κ3) is 1.25. The van der Waals surface area contributed by atoms with Crippen molar-refractivity contribution in [2.45, 2.75) is 65.2 Å². The predicted octanol–water partition coefficient (Wildman–Crippen LogP) is 8.28. The number of rotatable bonds is 0. The fourth-order valence-electron chi connectivity index (χ4n) is 10.7. The molecule has 2 spiro atoms.